The predicted molar refractivity (Wildman–Crippen MR) is 142 cm³/mol. The molecule has 4 unspecified atom stereocenters. The first-order chi connectivity index (χ1) is 17.5. The van der Waals surface area contributed by atoms with Crippen molar-refractivity contribution in [3.05, 3.63) is 65.2 Å². The lowest BCUT2D eigenvalue weighted by Crippen LogP contribution is -2.45. The number of hydrogen-bond donors (Lipinski definition) is 1. The molecule has 3 aliphatic rings. The van der Waals surface area contributed by atoms with Crippen LogP contribution in [0.3, 0.4) is 0 Å². The van der Waals surface area contributed by atoms with Gasteiger partial charge >= 0.3 is 0 Å². The molecule has 2 aliphatic heterocycles. The number of carbonyl (C=O) groups excluding carboxylic acids is 2. The van der Waals surface area contributed by atoms with Crippen LogP contribution >= 0.6 is 0 Å². The number of ether oxygens (including phenoxy) is 1. The lowest BCUT2D eigenvalue weighted by Gasteiger charge is -2.35. The van der Waals surface area contributed by atoms with Crippen molar-refractivity contribution in [1.29, 1.82) is 0 Å². The summed E-state index contributed by atoms with van der Waals surface area (Å²) < 4.78 is 5.89. The quantitative estimate of drug-likeness (QED) is 0.657. The molecule has 6 nitrogen and oxygen atoms in total. The summed E-state index contributed by atoms with van der Waals surface area (Å²) in [4.78, 5) is 31.4. The molecule has 2 amide bonds. The standard InChI is InChI=1S/C30H39N3O3/c1-21-18-32(19-22(2)36-21)20-25-11-4-3-10-24(25)17-31-29(34)26-12-6-7-13-27(26)30(35)33-16-15-23-9-5-8-14-28(23)33/h3-5,8-11,14,21-22,26-27H,6-7,12-13,15-20H2,1-2H3,(H,31,34). The zero-order valence-electron chi connectivity index (χ0n) is 21.6. The van der Waals surface area contributed by atoms with E-state index in [1.807, 2.05) is 29.2 Å². The van der Waals surface area contributed by atoms with Crippen LogP contribution in [0.25, 0.3) is 0 Å². The molecule has 0 aromatic heterocycles. The molecule has 2 aromatic rings. The minimum atomic E-state index is -0.257. The molecule has 5 rings (SSSR count). The first-order valence-corrected chi connectivity index (χ1v) is 13.6. The van der Waals surface area contributed by atoms with E-state index in [1.165, 1.54) is 11.1 Å². The molecule has 1 aliphatic carbocycles. The maximum absolute atomic E-state index is 13.6. The molecule has 192 valence electrons. The van der Waals surface area contributed by atoms with E-state index >= 15 is 0 Å². The number of amides is 2. The van der Waals surface area contributed by atoms with Gasteiger partial charge in [0.15, 0.2) is 0 Å². The number of fused-ring (bicyclic) bond motifs is 1. The smallest absolute Gasteiger partial charge is 0.230 e. The van der Waals surface area contributed by atoms with E-state index in [9.17, 15) is 9.59 Å². The van der Waals surface area contributed by atoms with E-state index in [0.717, 1.165) is 69.5 Å². The molecular weight excluding hydrogens is 450 g/mol. The molecular formula is C30H39N3O3. The fourth-order valence-electron chi connectivity index (χ4n) is 6.36. The number of rotatable bonds is 6. The number of para-hydroxylation sites is 1. The summed E-state index contributed by atoms with van der Waals surface area (Å²) in [5, 5.41) is 3.21. The topological polar surface area (TPSA) is 61.9 Å². The number of hydrogen-bond acceptors (Lipinski definition) is 4. The molecule has 36 heavy (non-hydrogen) atoms. The Bertz CT molecular complexity index is 1080. The highest BCUT2D eigenvalue weighted by molar-refractivity contribution is 5.99. The first-order valence-electron chi connectivity index (χ1n) is 13.6. The Labute approximate surface area is 215 Å². The third kappa shape index (κ3) is 5.50. The second-order valence-corrected chi connectivity index (χ2v) is 10.8. The molecule has 2 fully saturated rings. The van der Waals surface area contributed by atoms with Gasteiger partial charge in [0.2, 0.25) is 11.8 Å². The molecule has 2 aromatic carbocycles. The maximum atomic E-state index is 13.6. The Kier molecular flexibility index (Phi) is 7.73. The van der Waals surface area contributed by atoms with Crippen molar-refractivity contribution in [3.8, 4) is 0 Å². The van der Waals surface area contributed by atoms with E-state index in [0.29, 0.717) is 6.54 Å². The van der Waals surface area contributed by atoms with Gasteiger partial charge in [-0.05, 0) is 55.9 Å². The minimum absolute atomic E-state index is 0.0175. The van der Waals surface area contributed by atoms with Gasteiger partial charge in [-0.2, -0.15) is 0 Å². The summed E-state index contributed by atoms with van der Waals surface area (Å²) in [6.07, 6.45) is 4.93. The molecule has 6 heteroatoms. The van der Waals surface area contributed by atoms with Crippen molar-refractivity contribution in [2.75, 3.05) is 24.5 Å². The van der Waals surface area contributed by atoms with Gasteiger partial charge in [0, 0.05) is 44.3 Å². The Hall–Kier alpha value is -2.70. The van der Waals surface area contributed by atoms with E-state index in [1.54, 1.807) is 0 Å². The van der Waals surface area contributed by atoms with E-state index < -0.39 is 0 Å². The molecule has 4 atom stereocenters. The van der Waals surface area contributed by atoms with Crippen LogP contribution in [0, 0.1) is 11.8 Å². The largest absolute Gasteiger partial charge is 0.373 e. The average molecular weight is 490 g/mol. The number of nitrogens with one attached hydrogen (secondary N) is 1. The summed E-state index contributed by atoms with van der Waals surface area (Å²) in [6, 6.07) is 16.5. The van der Waals surface area contributed by atoms with Crippen LogP contribution in [-0.4, -0.2) is 48.6 Å². The summed E-state index contributed by atoms with van der Waals surface area (Å²) in [7, 11) is 0. The Morgan fingerprint density at radius 2 is 1.58 bits per heavy atom. The van der Waals surface area contributed by atoms with Gasteiger partial charge in [-0.1, -0.05) is 55.3 Å². The third-order valence-corrected chi connectivity index (χ3v) is 8.03. The number of anilines is 1. The molecule has 0 spiro atoms. The monoisotopic (exact) mass is 489 g/mol. The molecule has 1 saturated heterocycles. The van der Waals surface area contributed by atoms with Crippen molar-refractivity contribution in [1.82, 2.24) is 10.2 Å². The van der Waals surface area contributed by atoms with Crippen molar-refractivity contribution in [2.24, 2.45) is 11.8 Å². The zero-order chi connectivity index (χ0) is 25.1. The fourth-order valence-corrected chi connectivity index (χ4v) is 6.36. The normalized spacial score (nSPS) is 26.4. The number of nitrogens with zero attached hydrogens (tertiary/aromatic N) is 2. The number of morpholine rings is 1. The molecule has 0 bridgehead atoms. The van der Waals surface area contributed by atoms with Crippen LogP contribution < -0.4 is 10.2 Å². The van der Waals surface area contributed by atoms with Crippen molar-refractivity contribution >= 4 is 17.5 Å². The summed E-state index contributed by atoms with van der Waals surface area (Å²) in [5.41, 5.74) is 4.63. The van der Waals surface area contributed by atoms with Gasteiger partial charge < -0.3 is 15.0 Å². The van der Waals surface area contributed by atoms with Gasteiger partial charge in [0.25, 0.3) is 0 Å². The highest BCUT2D eigenvalue weighted by Gasteiger charge is 2.39. The van der Waals surface area contributed by atoms with Crippen LogP contribution in [0.15, 0.2) is 48.5 Å². The first kappa shape index (κ1) is 25.0. The van der Waals surface area contributed by atoms with Gasteiger partial charge in [0.1, 0.15) is 0 Å². The van der Waals surface area contributed by atoms with Crippen LogP contribution in [-0.2, 0) is 33.8 Å². The third-order valence-electron chi connectivity index (χ3n) is 8.03. The van der Waals surface area contributed by atoms with Crippen molar-refractivity contribution in [2.45, 2.75) is 71.2 Å². The second kappa shape index (κ2) is 11.1. The van der Waals surface area contributed by atoms with Gasteiger partial charge in [-0.25, -0.2) is 0 Å². The van der Waals surface area contributed by atoms with Gasteiger partial charge in [-0.3, -0.25) is 14.5 Å². The maximum Gasteiger partial charge on any atom is 0.230 e. The Morgan fingerprint density at radius 1 is 0.917 bits per heavy atom. The Balaban J connectivity index is 1.24. The highest BCUT2D eigenvalue weighted by atomic mass is 16.5. The average Bonchev–Trinajstić information content (AvgIpc) is 3.31. The van der Waals surface area contributed by atoms with Crippen LogP contribution in [0.2, 0.25) is 0 Å². The van der Waals surface area contributed by atoms with Crippen molar-refractivity contribution in [3.63, 3.8) is 0 Å². The second-order valence-electron chi connectivity index (χ2n) is 10.8. The molecule has 2 heterocycles. The lowest BCUT2D eigenvalue weighted by atomic mass is 9.77. The number of carbonyl (C=O) groups is 2. The van der Waals surface area contributed by atoms with Crippen LogP contribution in [0.1, 0.15) is 56.2 Å². The molecule has 1 saturated carbocycles. The van der Waals surface area contributed by atoms with Crippen LogP contribution in [0.4, 0.5) is 5.69 Å². The van der Waals surface area contributed by atoms with E-state index in [2.05, 4.69) is 48.3 Å². The molecule has 0 radical (unpaired) electrons. The predicted octanol–water partition coefficient (Wildman–Crippen LogP) is 4.31. The fraction of sp³-hybridized carbons (Fsp3) is 0.533. The zero-order valence-corrected chi connectivity index (χ0v) is 21.6. The Morgan fingerprint density at radius 3 is 2.36 bits per heavy atom. The SMILES string of the molecule is CC1CN(Cc2ccccc2CNC(=O)C2CCCCC2C(=O)N2CCc3ccccc32)CC(C)O1. The van der Waals surface area contributed by atoms with E-state index in [-0.39, 0.29) is 35.9 Å². The lowest BCUT2D eigenvalue weighted by molar-refractivity contribution is -0.135. The van der Waals surface area contributed by atoms with Crippen molar-refractivity contribution < 1.29 is 14.3 Å². The molecule has 1 N–H and O–H groups in total. The van der Waals surface area contributed by atoms with E-state index in [4.69, 9.17) is 4.74 Å². The summed E-state index contributed by atoms with van der Waals surface area (Å²) >= 11 is 0. The number of benzene rings is 2. The highest BCUT2D eigenvalue weighted by Crippen LogP contribution is 2.36. The van der Waals surface area contributed by atoms with Gasteiger partial charge in [-0.15, -0.1) is 0 Å². The summed E-state index contributed by atoms with van der Waals surface area (Å²) in [5.74, 6) is -0.358. The minimum Gasteiger partial charge on any atom is -0.373 e. The van der Waals surface area contributed by atoms with Gasteiger partial charge in [0.05, 0.1) is 18.1 Å². The van der Waals surface area contributed by atoms with Crippen LogP contribution in [0.5, 0.6) is 0 Å². The summed E-state index contributed by atoms with van der Waals surface area (Å²) in [6.45, 7) is 8.13.